The van der Waals surface area contributed by atoms with Crippen LogP contribution in [-0.4, -0.2) is 12.1 Å². The molecule has 0 saturated heterocycles. The first kappa shape index (κ1) is 12.9. The van der Waals surface area contributed by atoms with E-state index in [-0.39, 0.29) is 12.1 Å². The molecule has 0 bridgehead atoms. The largest absolute Gasteiger partial charge is 0.459 e. The zero-order valence-corrected chi connectivity index (χ0v) is 11.1. The van der Waals surface area contributed by atoms with Crippen molar-refractivity contribution >= 4 is 11.7 Å². The van der Waals surface area contributed by atoms with Crippen LogP contribution in [-0.2, 0) is 4.74 Å². The van der Waals surface area contributed by atoms with Crippen LogP contribution in [0.4, 0.5) is 5.69 Å². The molecule has 0 radical (unpaired) electrons. The van der Waals surface area contributed by atoms with Crippen molar-refractivity contribution < 1.29 is 9.53 Å². The Morgan fingerprint density at radius 1 is 1.28 bits per heavy atom. The number of hydrogen-bond donors (Lipinski definition) is 1. The van der Waals surface area contributed by atoms with Crippen LogP contribution in [0.5, 0.6) is 0 Å². The summed E-state index contributed by atoms with van der Waals surface area (Å²) in [5, 5.41) is 0. The molecule has 1 fully saturated rings. The van der Waals surface area contributed by atoms with Gasteiger partial charge in [0.15, 0.2) is 0 Å². The predicted molar refractivity (Wildman–Crippen MR) is 72.4 cm³/mol. The molecule has 3 nitrogen and oxygen atoms in total. The Bertz CT molecular complexity index is 434. The van der Waals surface area contributed by atoms with E-state index in [1.165, 1.54) is 0 Å². The average molecular weight is 247 g/mol. The molecule has 2 rings (SSSR count). The maximum atomic E-state index is 12.1. The lowest BCUT2D eigenvalue weighted by Gasteiger charge is -2.26. The van der Waals surface area contributed by atoms with Crippen molar-refractivity contribution in [3.8, 4) is 0 Å². The number of nitrogens with two attached hydrogens (primary N) is 1. The highest BCUT2D eigenvalue weighted by Crippen LogP contribution is 2.26. The third-order valence-electron chi connectivity index (χ3n) is 3.72. The molecule has 0 aliphatic heterocycles. The maximum Gasteiger partial charge on any atom is 0.338 e. The SMILES string of the molecule is Cc1ccc(N)cc1C(=O)OC1CCC(C)CC1. The fourth-order valence-corrected chi connectivity index (χ4v) is 2.42. The zero-order valence-electron chi connectivity index (χ0n) is 11.1. The molecule has 0 atom stereocenters. The number of esters is 1. The second-order valence-corrected chi connectivity index (χ2v) is 5.36. The molecule has 0 aromatic heterocycles. The van der Waals surface area contributed by atoms with Gasteiger partial charge < -0.3 is 10.5 Å². The lowest BCUT2D eigenvalue weighted by atomic mass is 9.89. The monoisotopic (exact) mass is 247 g/mol. The Balaban J connectivity index is 2.01. The molecule has 3 heteroatoms. The first-order valence-corrected chi connectivity index (χ1v) is 6.63. The van der Waals surface area contributed by atoms with Gasteiger partial charge in [0.2, 0.25) is 0 Å². The Hall–Kier alpha value is -1.51. The van der Waals surface area contributed by atoms with E-state index in [4.69, 9.17) is 10.5 Å². The van der Waals surface area contributed by atoms with Crippen LogP contribution in [0.15, 0.2) is 18.2 Å². The van der Waals surface area contributed by atoms with E-state index in [0.717, 1.165) is 37.2 Å². The van der Waals surface area contributed by atoms with Gasteiger partial charge in [-0.2, -0.15) is 0 Å². The van der Waals surface area contributed by atoms with Gasteiger partial charge in [-0.1, -0.05) is 13.0 Å². The molecule has 0 heterocycles. The fourth-order valence-electron chi connectivity index (χ4n) is 2.42. The van der Waals surface area contributed by atoms with Crippen LogP contribution in [0.3, 0.4) is 0 Å². The van der Waals surface area contributed by atoms with Crippen molar-refractivity contribution in [1.29, 1.82) is 0 Å². The van der Waals surface area contributed by atoms with Crippen molar-refractivity contribution in [2.75, 3.05) is 5.73 Å². The number of nitrogen functional groups attached to an aromatic ring is 1. The summed E-state index contributed by atoms with van der Waals surface area (Å²) in [4.78, 5) is 12.1. The lowest BCUT2D eigenvalue weighted by molar-refractivity contribution is 0.0173. The van der Waals surface area contributed by atoms with Gasteiger partial charge >= 0.3 is 5.97 Å². The zero-order chi connectivity index (χ0) is 13.1. The number of ether oxygens (including phenoxy) is 1. The van der Waals surface area contributed by atoms with Crippen LogP contribution < -0.4 is 5.73 Å². The van der Waals surface area contributed by atoms with E-state index in [1.54, 1.807) is 12.1 Å². The molecule has 0 spiro atoms. The lowest BCUT2D eigenvalue weighted by Crippen LogP contribution is -2.24. The smallest absolute Gasteiger partial charge is 0.338 e. The maximum absolute atomic E-state index is 12.1. The van der Waals surface area contributed by atoms with Crippen molar-refractivity contribution in [3.63, 3.8) is 0 Å². The Labute approximate surface area is 108 Å². The summed E-state index contributed by atoms with van der Waals surface area (Å²) in [7, 11) is 0. The molecule has 1 aliphatic rings. The van der Waals surface area contributed by atoms with Gasteiger partial charge in [0.1, 0.15) is 6.10 Å². The molecule has 1 aliphatic carbocycles. The van der Waals surface area contributed by atoms with Crippen LogP contribution in [0.25, 0.3) is 0 Å². The third-order valence-corrected chi connectivity index (χ3v) is 3.72. The molecule has 1 aromatic carbocycles. The number of aryl methyl sites for hydroxylation is 1. The van der Waals surface area contributed by atoms with Crippen LogP contribution in [0.1, 0.15) is 48.5 Å². The molecule has 1 saturated carbocycles. The van der Waals surface area contributed by atoms with Crippen molar-refractivity contribution in [3.05, 3.63) is 29.3 Å². The summed E-state index contributed by atoms with van der Waals surface area (Å²) in [6.45, 7) is 4.15. The van der Waals surface area contributed by atoms with Gasteiger partial charge in [-0.05, 0) is 56.2 Å². The summed E-state index contributed by atoms with van der Waals surface area (Å²) in [5.74, 6) is 0.522. The molecule has 0 unspecified atom stereocenters. The topological polar surface area (TPSA) is 52.3 Å². The number of rotatable bonds is 2. The van der Waals surface area contributed by atoms with Crippen molar-refractivity contribution in [1.82, 2.24) is 0 Å². The number of anilines is 1. The molecule has 0 amide bonds. The Morgan fingerprint density at radius 2 is 1.94 bits per heavy atom. The van der Waals surface area contributed by atoms with Crippen LogP contribution >= 0.6 is 0 Å². The molecule has 18 heavy (non-hydrogen) atoms. The second kappa shape index (κ2) is 5.42. The number of benzene rings is 1. The summed E-state index contributed by atoms with van der Waals surface area (Å²) >= 11 is 0. The first-order chi connectivity index (χ1) is 8.56. The summed E-state index contributed by atoms with van der Waals surface area (Å²) in [5.41, 5.74) is 7.82. The quantitative estimate of drug-likeness (QED) is 0.644. The standard InChI is InChI=1S/C15H21NO2/c1-10-3-7-13(8-4-10)18-15(17)14-9-12(16)6-5-11(14)2/h5-6,9-10,13H,3-4,7-8,16H2,1-2H3. The van der Waals surface area contributed by atoms with E-state index >= 15 is 0 Å². The minimum absolute atomic E-state index is 0.0783. The highest BCUT2D eigenvalue weighted by atomic mass is 16.5. The number of hydrogen-bond acceptors (Lipinski definition) is 3. The van der Waals surface area contributed by atoms with E-state index in [9.17, 15) is 4.79 Å². The second-order valence-electron chi connectivity index (χ2n) is 5.36. The number of carbonyl (C=O) groups excluding carboxylic acids is 1. The van der Waals surface area contributed by atoms with E-state index < -0.39 is 0 Å². The van der Waals surface area contributed by atoms with Crippen molar-refractivity contribution in [2.45, 2.75) is 45.6 Å². The Kier molecular flexibility index (Phi) is 3.90. The minimum Gasteiger partial charge on any atom is -0.459 e. The highest BCUT2D eigenvalue weighted by molar-refractivity contribution is 5.92. The normalized spacial score (nSPS) is 23.7. The highest BCUT2D eigenvalue weighted by Gasteiger charge is 2.22. The van der Waals surface area contributed by atoms with E-state index in [0.29, 0.717) is 11.3 Å². The van der Waals surface area contributed by atoms with Crippen LogP contribution in [0, 0.1) is 12.8 Å². The summed E-state index contributed by atoms with van der Waals surface area (Å²) in [6.07, 6.45) is 4.33. The van der Waals surface area contributed by atoms with E-state index in [1.807, 2.05) is 13.0 Å². The van der Waals surface area contributed by atoms with Crippen LogP contribution in [0.2, 0.25) is 0 Å². The van der Waals surface area contributed by atoms with Gasteiger partial charge in [-0.15, -0.1) is 0 Å². The van der Waals surface area contributed by atoms with Gasteiger partial charge in [-0.25, -0.2) is 4.79 Å². The molecule has 98 valence electrons. The molecule has 2 N–H and O–H groups in total. The third kappa shape index (κ3) is 3.03. The predicted octanol–water partition coefficient (Wildman–Crippen LogP) is 3.31. The van der Waals surface area contributed by atoms with E-state index in [2.05, 4.69) is 6.92 Å². The average Bonchev–Trinajstić information content (AvgIpc) is 2.35. The molecule has 1 aromatic rings. The summed E-state index contributed by atoms with van der Waals surface area (Å²) < 4.78 is 5.57. The molecular formula is C15H21NO2. The number of carbonyl (C=O) groups is 1. The van der Waals surface area contributed by atoms with Gasteiger partial charge in [0.25, 0.3) is 0 Å². The minimum atomic E-state index is -0.237. The summed E-state index contributed by atoms with van der Waals surface area (Å²) in [6, 6.07) is 5.35. The van der Waals surface area contributed by atoms with Gasteiger partial charge in [0.05, 0.1) is 5.56 Å². The van der Waals surface area contributed by atoms with Crippen molar-refractivity contribution in [2.24, 2.45) is 5.92 Å². The molecular weight excluding hydrogens is 226 g/mol. The van der Waals surface area contributed by atoms with Gasteiger partial charge in [0, 0.05) is 5.69 Å². The first-order valence-electron chi connectivity index (χ1n) is 6.63. The fraction of sp³-hybridized carbons (Fsp3) is 0.533. The van der Waals surface area contributed by atoms with Gasteiger partial charge in [-0.3, -0.25) is 0 Å². The Morgan fingerprint density at radius 3 is 2.61 bits per heavy atom.